The number of hydrogen-bond donors (Lipinski definition) is 0. The van der Waals surface area contributed by atoms with Gasteiger partial charge in [-0.05, 0) is 13.8 Å². The van der Waals surface area contributed by atoms with E-state index in [1.54, 1.807) is 0 Å². The van der Waals surface area contributed by atoms with E-state index in [4.69, 9.17) is 0 Å². The lowest BCUT2D eigenvalue weighted by Gasteiger charge is -2.04. The maximum Gasteiger partial charge on any atom is 0.414 e. The van der Waals surface area contributed by atoms with Crippen LogP contribution in [0.1, 0.15) is 27.7 Å². The highest BCUT2D eigenvalue weighted by molar-refractivity contribution is 5.08. The molecule has 68 valence electrons. The van der Waals surface area contributed by atoms with E-state index in [-0.39, 0.29) is 0 Å². The molecule has 0 aromatic heterocycles. The Morgan fingerprint density at radius 1 is 1.00 bits per heavy atom. The Kier molecular flexibility index (Phi) is 6.13. The van der Waals surface area contributed by atoms with Gasteiger partial charge in [-0.3, -0.25) is 0 Å². The molecule has 0 aliphatic carbocycles. The first-order valence-electron chi connectivity index (χ1n) is 3.26. The van der Waals surface area contributed by atoms with Crippen molar-refractivity contribution in [1.29, 1.82) is 0 Å². The van der Waals surface area contributed by atoms with Gasteiger partial charge in [-0.15, -0.1) is 0 Å². The number of halogens is 4. The Morgan fingerprint density at radius 2 is 1.27 bits per heavy atom. The first-order chi connectivity index (χ1) is 4.85. The van der Waals surface area contributed by atoms with Crippen molar-refractivity contribution in [3.05, 3.63) is 11.4 Å². The molecule has 0 spiro atoms. The van der Waals surface area contributed by atoms with E-state index in [9.17, 15) is 17.6 Å². The van der Waals surface area contributed by atoms with Gasteiger partial charge in [0.05, 0.1) is 5.57 Å². The molecule has 11 heavy (non-hydrogen) atoms. The van der Waals surface area contributed by atoms with E-state index in [1.165, 1.54) is 0 Å². The SMILES string of the molecule is C/C(F)=C(/C)C(F)(F)F.CC. The predicted octanol–water partition coefficient (Wildman–Crippen LogP) is 3.84. The molecule has 0 saturated carbocycles. The van der Waals surface area contributed by atoms with Crippen molar-refractivity contribution in [1.82, 2.24) is 0 Å². The summed E-state index contributed by atoms with van der Waals surface area (Å²) in [4.78, 5) is 0. The molecule has 0 heterocycles. The third kappa shape index (κ3) is 5.88. The summed E-state index contributed by atoms with van der Waals surface area (Å²) in [6.07, 6.45) is -4.52. The van der Waals surface area contributed by atoms with Crippen molar-refractivity contribution in [2.75, 3.05) is 0 Å². The van der Waals surface area contributed by atoms with E-state index in [1.807, 2.05) is 13.8 Å². The zero-order chi connectivity index (χ0) is 9.65. The Hall–Kier alpha value is -0.540. The molecule has 0 rings (SSSR count). The van der Waals surface area contributed by atoms with Gasteiger partial charge in [0.15, 0.2) is 0 Å². The van der Waals surface area contributed by atoms with Crippen molar-refractivity contribution in [3.8, 4) is 0 Å². The highest BCUT2D eigenvalue weighted by Gasteiger charge is 2.31. The summed E-state index contributed by atoms with van der Waals surface area (Å²) in [5, 5.41) is 0. The molecule has 0 fully saturated rings. The Bertz CT molecular complexity index is 128. The van der Waals surface area contributed by atoms with Crippen molar-refractivity contribution < 1.29 is 17.6 Å². The average Bonchev–Trinajstić information content (AvgIpc) is 1.89. The van der Waals surface area contributed by atoms with Crippen LogP contribution in [-0.4, -0.2) is 6.18 Å². The lowest BCUT2D eigenvalue weighted by molar-refractivity contribution is -0.0931. The molecule has 4 heteroatoms. The second kappa shape index (κ2) is 5.16. The van der Waals surface area contributed by atoms with Gasteiger partial charge in [0.25, 0.3) is 0 Å². The molecule has 0 saturated heterocycles. The summed E-state index contributed by atoms with van der Waals surface area (Å²) < 4.78 is 46.0. The fraction of sp³-hybridized carbons (Fsp3) is 0.714. The molecule has 0 amide bonds. The van der Waals surface area contributed by atoms with Crippen LogP contribution in [0.4, 0.5) is 17.6 Å². The minimum absolute atomic E-state index is 0.704. The summed E-state index contributed by atoms with van der Waals surface area (Å²) >= 11 is 0. The van der Waals surface area contributed by atoms with E-state index in [0.29, 0.717) is 6.92 Å². The highest BCUT2D eigenvalue weighted by atomic mass is 19.4. The molecule has 0 N–H and O–H groups in total. The second-order valence-corrected chi connectivity index (χ2v) is 1.66. The van der Waals surface area contributed by atoms with Gasteiger partial charge in [0.1, 0.15) is 5.83 Å². The Labute approximate surface area is 63.9 Å². The van der Waals surface area contributed by atoms with Crippen LogP contribution < -0.4 is 0 Å². The Morgan fingerprint density at radius 3 is 1.27 bits per heavy atom. The van der Waals surface area contributed by atoms with Gasteiger partial charge in [0.2, 0.25) is 0 Å². The van der Waals surface area contributed by atoms with Gasteiger partial charge in [-0.25, -0.2) is 4.39 Å². The molecule has 0 unspecified atom stereocenters. The number of hydrogen-bond acceptors (Lipinski definition) is 0. The molecule has 0 aromatic rings. The largest absolute Gasteiger partial charge is 0.414 e. The number of allylic oxidation sites excluding steroid dienone is 2. The van der Waals surface area contributed by atoms with Crippen molar-refractivity contribution in [2.45, 2.75) is 33.9 Å². The minimum atomic E-state index is -4.52. The van der Waals surface area contributed by atoms with Gasteiger partial charge in [-0.2, -0.15) is 13.2 Å². The molecule has 0 aliphatic rings. The molecule has 0 aliphatic heterocycles. The maximum absolute atomic E-state index is 11.8. The molecule has 0 aromatic carbocycles. The van der Waals surface area contributed by atoms with Gasteiger partial charge >= 0.3 is 6.18 Å². The fourth-order valence-electron chi connectivity index (χ4n) is 0.195. The first kappa shape index (κ1) is 13.1. The van der Waals surface area contributed by atoms with E-state index in [0.717, 1.165) is 6.92 Å². The molecular weight excluding hydrogens is 160 g/mol. The summed E-state index contributed by atoms with van der Waals surface area (Å²) in [6, 6.07) is 0. The predicted molar refractivity (Wildman–Crippen MR) is 36.9 cm³/mol. The van der Waals surface area contributed by atoms with Crippen LogP contribution in [0.25, 0.3) is 0 Å². The lowest BCUT2D eigenvalue weighted by Crippen LogP contribution is -2.09. The van der Waals surface area contributed by atoms with Gasteiger partial charge in [-0.1, -0.05) is 13.8 Å². The molecule has 0 radical (unpaired) electrons. The topological polar surface area (TPSA) is 0 Å². The Balaban J connectivity index is 0. The fourth-order valence-corrected chi connectivity index (χ4v) is 0.195. The third-order valence-electron chi connectivity index (χ3n) is 0.942. The summed E-state index contributed by atoms with van der Waals surface area (Å²) in [7, 11) is 0. The smallest absolute Gasteiger partial charge is 0.212 e. The zero-order valence-corrected chi connectivity index (χ0v) is 7.01. The summed E-state index contributed by atoms with van der Waals surface area (Å²) in [6.45, 7) is 5.48. The quantitative estimate of drug-likeness (QED) is 0.487. The monoisotopic (exact) mass is 172 g/mol. The molecular formula is C7H12F4. The standard InChI is InChI=1S/C5H6F4.C2H6/c1-3(4(2)6)5(7,8)9;1-2/h1-2H3;1-2H3/b4-3+;. The van der Waals surface area contributed by atoms with Crippen molar-refractivity contribution >= 4 is 0 Å². The minimum Gasteiger partial charge on any atom is -0.212 e. The van der Waals surface area contributed by atoms with Crippen LogP contribution in [-0.2, 0) is 0 Å². The van der Waals surface area contributed by atoms with Crippen LogP contribution in [0.15, 0.2) is 11.4 Å². The van der Waals surface area contributed by atoms with E-state index in [2.05, 4.69) is 0 Å². The zero-order valence-electron chi connectivity index (χ0n) is 7.01. The van der Waals surface area contributed by atoms with Crippen LogP contribution in [0.3, 0.4) is 0 Å². The molecule has 0 nitrogen and oxygen atoms in total. The normalized spacial score (nSPS) is 13.1. The molecule has 0 bridgehead atoms. The summed E-state index contributed by atoms with van der Waals surface area (Å²) in [5.41, 5.74) is -1.16. The number of alkyl halides is 3. The summed E-state index contributed by atoms with van der Waals surface area (Å²) in [5.74, 6) is -1.18. The van der Waals surface area contributed by atoms with Crippen LogP contribution in [0.5, 0.6) is 0 Å². The second-order valence-electron chi connectivity index (χ2n) is 1.66. The lowest BCUT2D eigenvalue weighted by atomic mass is 10.3. The molecule has 0 atom stereocenters. The maximum atomic E-state index is 11.8. The van der Waals surface area contributed by atoms with Crippen LogP contribution in [0, 0.1) is 0 Å². The van der Waals surface area contributed by atoms with Crippen LogP contribution >= 0.6 is 0 Å². The first-order valence-corrected chi connectivity index (χ1v) is 3.26. The third-order valence-corrected chi connectivity index (χ3v) is 0.942. The van der Waals surface area contributed by atoms with Crippen LogP contribution in [0.2, 0.25) is 0 Å². The van der Waals surface area contributed by atoms with Gasteiger partial charge < -0.3 is 0 Å². The highest BCUT2D eigenvalue weighted by Crippen LogP contribution is 2.27. The number of rotatable bonds is 0. The average molecular weight is 172 g/mol. The van der Waals surface area contributed by atoms with Gasteiger partial charge in [0, 0.05) is 0 Å². The van der Waals surface area contributed by atoms with E-state index < -0.39 is 17.6 Å². The van der Waals surface area contributed by atoms with Crippen molar-refractivity contribution in [2.24, 2.45) is 0 Å². The van der Waals surface area contributed by atoms with Crippen molar-refractivity contribution in [3.63, 3.8) is 0 Å². The van der Waals surface area contributed by atoms with E-state index >= 15 is 0 Å².